The summed E-state index contributed by atoms with van der Waals surface area (Å²) in [6.07, 6.45) is 7.20. The van der Waals surface area contributed by atoms with Crippen molar-refractivity contribution in [3.05, 3.63) is 9.78 Å². The summed E-state index contributed by atoms with van der Waals surface area (Å²) in [6.45, 7) is 0. The van der Waals surface area contributed by atoms with Crippen LogP contribution in [0, 0.1) is 5.41 Å². The lowest BCUT2D eigenvalue weighted by atomic mass is 9.93. The van der Waals surface area contributed by atoms with Crippen molar-refractivity contribution in [3.63, 3.8) is 0 Å². The molecule has 0 aliphatic heterocycles. The quantitative estimate of drug-likeness (QED) is 0.583. The van der Waals surface area contributed by atoms with Crippen LogP contribution in [0.5, 0.6) is 0 Å². The summed E-state index contributed by atoms with van der Waals surface area (Å²) in [5.74, 6) is 0. The molecule has 0 aromatic rings. The first-order valence-electron chi connectivity index (χ1n) is 3.45. The van der Waals surface area contributed by atoms with Crippen molar-refractivity contribution in [3.8, 4) is 0 Å². The molecule has 1 fully saturated rings. The molecule has 3 heteroatoms. The van der Waals surface area contributed by atoms with Gasteiger partial charge in [-0.2, -0.15) is 0 Å². The molecule has 1 aliphatic rings. The van der Waals surface area contributed by atoms with Gasteiger partial charge in [0.15, 0.2) is 0 Å². The van der Waals surface area contributed by atoms with E-state index in [1.807, 2.05) is 6.20 Å². The van der Waals surface area contributed by atoms with E-state index in [0.29, 0.717) is 6.04 Å². The maximum absolute atomic E-state index is 6.89. The van der Waals surface area contributed by atoms with Gasteiger partial charge in [0.05, 0.1) is 0 Å². The molecule has 1 aliphatic carbocycles. The minimum Gasteiger partial charge on any atom is -0.387 e. The Morgan fingerprint density at radius 1 is 1.60 bits per heavy atom. The summed E-state index contributed by atoms with van der Waals surface area (Å²) in [6, 6.07) is 0.685. The molecule has 56 valence electrons. The van der Waals surface area contributed by atoms with Crippen molar-refractivity contribution in [2.45, 2.75) is 25.3 Å². The van der Waals surface area contributed by atoms with Crippen molar-refractivity contribution >= 4 is 28.8 Å². The van der Waals surface area contributed by atoms with E-state index in [1.54, 1.807) is 0 Å². The highest BCUT2D eigenvalue weighted by Crippen LogP contribution is 2.18. The molecule has 2 N–H and O–H groups in total. The third-order valence-electron chi connectivity index (χ3n) is 1.70. The molecule has 0 saturated heterocycles. The van der Waals surface area contributed by atoms with Crippen molar-refractivity contribution in [1.82, 2.24) is 5.32 Å². The zero-order chi connectivity index (χ0) is 7.40. The SMILES string of the molecule is N=C/C(I)=C\NC1CCC1. The van der Waals surface area contributed by atoms with Gasteiger partial charge >= 0.3 is 0 Å². The van der Waals surface area contributed by atoms with E-state index in [9.17, 15) is 0 Å². The van der Waals surface area contributed by atoms with Crippen molar-refractivity contribution in [2.75, 3.05) is 0 Å². The first-order valence-corrected chi connectivity index (χ1v) is 4.53. The van der Waals surface area contributed by atoms with Crippen molar-refractivity contribution < 1.29 is 0 Å². The van der Waals surface area contributed by atoms with E-state index in [1.165, 1.54) is 25.5 Å². The molecule has 0 radical (unpaired) electrons. The second-order valence-electron chi connectivity index (χ2n) is 2.47. The Kier molecular flexibility index (Phi) is 3.18. The fourth-order valence-electron chi connectivity index (χ4n) is 0.814. The summed E-state index contributed by atoms with van der Waals surface area (Å²) in [4.78, 5) is 0. The van der Waals surface area contributed by atoms with Crippen LogP contribution in [0.3, 0.4) is 0 Å². The van der Waals surface area contributed by atoms with Gasteiger partial charge in [-0.3, -0.25) is 0 Å². The lowest BCUT2D eigenvalue weighted by molar-refractivity contribution is 0.373. The van der Waals surface area contributed by atoms with E-state index in [2.05, 4.69) is 27.9 Å². The van der Waals surface area contributed by atoms with Gasteiger partial charge in [-0.25, -0.2) is 0 Å². The Balaban J connectivity index is 2.18. The van der Waals surface area contributed by atoms with Crippen LogP contribution in [-0.2, 0) is 0 Å². The fraction of sp³-hybridized carbons (Fsp3) is 0.571. The van der Waals surface area contributed by atoms with Gasteiger partial charge in [0.1, 0.15) is 0 Å². The maximum atomic E-state index is 6.89. The lowest BCUT2D eigenvalue weighted by Gasteiger charge is -2.25. The average molecular weight is 250 g/mol. The van der Waals surface area contributed by atoms with Gasteiger partial charge in [-0.05, 0) is 41.9 Å². The molecule has 0 aromatic carbocycles. The molecule has 0 heterocycles. The summed E-state index contributed by atoms with van der Waals surface area (Å²) in [7, 11) is 0. The van der Waals surface area contributed by atoms with E-state index < -0.39 is 0 Å². The van der Waals surface area contributed by atoms with Crippen LogP contribution >= 0.6 is 22.6 Å². The monoisotopic (exact) mass is 250 g/mol. The number of allylic oxidation sites excluding steroid dienone is 1. The maximum Gasteiger partial charge on any atom is 0.0462 e. The summed E-state index contributed by atoms with van der Waals surface area (Å²) < 4.78 is 0.963. The first kappa shape index (κ1) is 8.04. The molecule has 2 nitrogen and oxygen atoms in total. The minimum absolute atomic E-state index is 0.685. The normalized spacial score (nSPS) is 19.9. The predicted octanol–water partition coefficient (Wildman–Crippen LogP) is 2.05. The van der Waals surface area contributed by atoms with Crippen molar-refractivity contribution in [2.24, 2.45) is 0 Å². The van der Waals surface area contributed by atoms with Gasteiger partial charge < -0.3 is 10.7 Å². The Labute approximate surface area is 74.7 Å². The molecular formula is C7H11IN2. The van der Waals surface area contributed by atoms with Crippen LogP contribution in [-0.4, -0.2) is 12.3 Å². The van der Waals surface area contributed by atoms with E-state index in [0.717, 1.165) is 3.58 Å². The molecule has 10 heavy (non-hydrogen) atoms. The van der Waals surface area contributed by atoms with Crippen molar-refractivity contribution in [1.29, 1.82) is 5.41 Å². The van der Waals surface area contributed by atoms with Crippen LogP contribution < -0.4 is 5.32 Å². The number of rotatable bonds is 3. The molecule has 1 rings (SSSR count). The molecule has 0 aromatic heterocycles. The Morgan fingerprint density at radius 2 is 2.30 bits per heavy atom. The second kappa shape index (κ2) is 3.95. The van der Waals surface area contributed by atoms with Crippen LogP contribution in [0.1, 0.15) is 19.3 Å². The first-order chi connectivity index (χ1) is 4.83. The van der Waals surface area contributed by atoms with Crippen LogP contribution in [0.4, 0.5) is 0 Å². The van der Waals surface area contributed by atoms with E-state index >= 15 is 0 Å². The number of hydrogen-bond donors (Lipinski definition) is 2. The summed E-state index contributed by atoms with van der Waals surface area (Å²) in [5, 5.41) is 10.1. The predicted molar refractivity (Wildman–Crippen MR) is 51.7 cm³/mol. The Hall–Kier alpha value is -0.0600. The standard InChI is InChI=1S/C7H11IN2/c8-6(4-9)5-10-7-2-1-3-7/h4-5,7,9-10H,1-3H2/b6-5+,9-4?. The summed E-state index contributed by atoms with van der Waals surface area (Å²) in [5.41, 5.74) is 0. The lowest BCUT2D eigenvalue weighted by Crippen LogP contribution is -2.31. The Bertz CT molecular complexity index is 150. The molecule has 0 bridgehead atoms. The highest BCUT2D eigenvalue weighted by molar-refractivity contribution is 14.1. The average Bonchev–Trinajstić information content (AvgIpc) is 1.84. The number of hydrogen-bond acceptors (Lipinski definition) is 2. The van der Waals surface area contributed by atoms with E-state index in [4.69, 9.17) is 5.41 Å². The fourth-order valence-corrected chi connectivity index (χ4v) is 0.994. The van der Waals surface area contributed by atoms with Gasteiger partial charge in [-0.1, -0.05) is 0 Å². The smallest absolute Gasteiger partial charge is 0.0462 e. The van der Waals surface area contributed by atoms with Gasteiger partial charge in [0, 0.05) is 22.0 Å². The Morgan fingerprint density at radius 3 is 2.70 bits per heavy atom. The minimum atomic E-state index is 0.685. The van der Waals surface area contributed by atoms with E-state index in [-0.39, 0.29) is 0 Å². The highest BCUT2D eigenvalue weighted by Gasteiger charge is 2.14. The molecule has 0 unspecified atom stereocenters. The largest absolute Gasteiger partial charge is 0.387 e. The van der Waals surface area contributed by atoms with Crippen LogP contribution in [0.2, 0.25) is 0 Å². The van der Waals surface area contributed by atoms with Gasteiger partial charge in [-0.15, -0.1) is 0 Å². The van der Waals surface area contributed by atoms with Gasteiger partial charge in [0.2, 0.25) is 0 Å². The molecule has 1 saturated carbocycles. The van der Waals surface area contributed by atoms with Crippen LogP contribution in [0.25, 0.3) is 0 Å². The topological polar surface area (TPSA) is 35.9 Å². The summed E-state index contributed by atoms with van der Waals surface area (Å²) >= 11 is 2.13. The number of nitrogens with one attached hydrogen (secondary N) is 2. The molecule has 0 amide bonds. The third kappa shape index (κ3) is 2.28. The molecular weight excluding hydrogens is 239 g/mol. The van der Waals surface area contributed by atoms with Gasteiger partial charge in [0.25, 0.3) is 0 Å². The second-order valence-corrected chi connectivity index (χ2v) is 3.71. The highest BCUT2D eigenvalue weighted by atomic mass is 127. The number of halogens is 1. The zero-order valence-electron chi connectivity index (χ0n) is 5.73. The zero-order valence-corrected chi connectivity index (χ0v) is 7.89. The third-order valence-corrected chi connectivity index (χ3v) is 2.32. The molecule has 0 spiro atoms. The van der Waals surface area contributed by atoms with Crippen LogP contribution in [0.15, 0.2) is 9.78 Å². The molecule has 0 atom stereocenters.